The van der Waals surface area contributed by atoms with Gasteiger partial charge in [0.25, 0.3) is 0 Å². The second kappa shape index (κ2) is 5.60. The third-order valence-electron chi connectivity index (χ3n) is 3.72. The van der Waals surface area contributed by atoms with E-state index in [1.807, 2.05) is 32.2 Å². The summed E-state index contributed by atoms with van der Waals surface area (Å²) in [7, 11) is 1.89. The van der Waals surface area contributed by atoms with Crippen molar-refractivity contribution in [3.63, 3.8) is 0 Å². The molecule has 1 aromatic heterocycles. The summed E-state index contributed by atoms with van der Waals surface area (Å²) in [4.78, 5) is 11.3. The van der Waals surface area contributed by atoms with Crippen LogP contribution in [0, 0.1) is 13.8 Å². The van der Waals surface area contributed by atoms with Gasteiger partial charge < -0.3 is 15.0 Å². The summed E-state index contributed by atoms with van der Waals surface area (Å²) < 4.78 is 5.83. The molecule has 3 rings (SSSR count). The van der Waals surface area contributed by atoms with E-state index in [9.17, 15) is 0 Å². The molecule has 110 valence electrons. The number of aryl methyl sites for hydroxylation is 1. The number of para-hydroxylation sites is 1. The molecule has 1 N–H and O–H groups in total. The van der Waals surface area contributed by atoms with E-state index in [-0.39, 0.29) is 0 Å². The van der Waals surface area contributed by atoms with Crippen molar-refractivity contribution < 1.29 is 4.74 Å². The molecular weight excluding hydrogens is 264 g/mol. The molecule has 0 unspecified atom stereocenters. The zero-order valence-electron chi connectivity index (χ0n) is 12.7. The van der Waals surface area contributed by atoms with Crippen LogP contribution in [0.1, 0.15) is 17.0 Å². The Labute approximate surface area is 125 Å². The van der Waals surface area contributed by atoms with Gasteiger partial charge in [-0.05, 0) is 19.9 Å². The first kappa shape index (κ1) is 13.7. The van der Waals surface area contributed by atoms with E-state index < -0.39 is 0 Å². The Balaban J connectivity index is 1.99. The van der Waals surface area contributed by atoms with Crippen molar-refractivity contribution in [1.29, 1.82) is 0 Å². The SMILES string of the molecule is CNc1nc(C)nc(N2CCOc3ccccc3C2)c1C. The molecule has 0 radical (unpaired) electrons. The predicted octanol–water partition coefficient (Wildman–Crippen LogP) is 2.53. The van der Waals surface area contributed by atoms with E-state index >= 15 is 0 Å². The fraction of sp³-hybridized carbons (Fsp3) is 0.375. The van der Waals surface area contributed by atoms with Crippen molar-refractivity contribution in [2.24, 2.45) is 0 Å². The summed E-state index contributed by atoms with van der Waals surface area (Å²) in [5, 5.41) is 3.14. The lowest BCUT2D eigenvalue weighted by Crippen LogP contribution is -2.27. The van der Waals surface area contributed by atoms with Gasteiger partial charge in [0, 0.05) is 24.7 Å². The van der Waals surface area contributed by atoms with Crippen molar-refractivity contribution in [2.75, 3.05) is 30.4 Å². The minimum Gasteiger partial charge on any atom is -0.491 e. The monoisotopic (exact) mass is 284 g/mol. The maximum absolute atomic E-state index is 5.83. The van der Waals surface area contributed by atoms with Crippen LogP contribution in [0.3, 0.4) is 0 Å². The molecule has 2 aromatic rings. The van der Waals surface area contributed by atoms with Crippen LogP contribution in [0.4, 0.5) is 11.6 Å². The van der Waals surface area contributed by atoms with Crippen LogP contribution in [0.25, 0.3) is 0 Å². The molecule has 0 atom stereocenters. The number of nitrogens with zero attached hydrogens (tertiary/aromatic N) is 3. The Bertz CT molecular complexity index is 657. The van der Waals surface area contributed by atoms with E-state index in [1.54, 1.807) is 0 Å². The fourth-order valence-corrected chi connectivity index (χ4v) is 2.67. The summed E-state index contributed by atoms with van der Waals surface area (Å²) in [6.07, 6.45) is 0. The van der Waals surface area contributed by atoms with Crippen LogP contribution >= 0.6 is 0 Å². The lowest BCUT2D eigenvalue weighted by atomic mass is 10.2. The predicted molar refractivity (Wildman–Crippen MR) is 84.0 cm³/mol. The van der Waals surface area contributed by atoms with E-state index in [2.05, 4.69) is 33.2 Å². The second-order valence-corrected chi connectivity index (χ2v) is 5.20. The van der Waals surface area contributed by atoms with Gasteiger partial charge in [-0.1, -0.05) is 18.2 Å². The molecular formula is C16H20N4O. The maximum Gasteiger partial charge on any atom is 0.137 e. The minimum absolute atomic E-state index is 0.661. The zero-order valence-corrected chi connectivity index (χ0v) is 12.7. The number of benzene rings is 1. The highest BCUT2D eigenvalue weighted by Gasteiger charge is 2.19. The van der Waals surface area contributed by atoms with Crippen LogP contribution < -0.4 is 15.0 Å². The quantitative estimate of drug-likeness (QED) is 0.918. The van der Waals surface area contributed by atoms with Crippen LogP contribution in [0.2, 0.25) is 0 Å². The van der Waals surface area contributed by atoms with Gasteiger partial charge in [0.2, 0.25) is 0 Å². The number of anilines is 2. The van der Waals surface area contributed by atoms with Gasteiger partial charge in [-0.25, -0.2) is 9.97 Å². The molecule has 0 spiro atoms. The van der Waals surface area contributed by atoms with E-state index in [0.29, 0.717) is 6.61 Å². The largest absolute Gasteiger partial charge is 0.491 e. The average Bonchev–Trinajstić information content (AvgIpc) is 2.71. The van der Waals surface area contributed by atoms with Gasteiger partial charge in [0.05, 0.1) is 6.54 Å². The van der Waals surface area contributed by atoms with Gasteiger partial charge in [-0.15, -0.1) is 0 Å². The van der Waals surface area contributed by atoms with Crippen molar-refractivity contribution >= 4 is 11.6 Å². The van der Waals surface area contributed by atoms with Crippen LogP contribution in [0.5, 0.6) is 5.75 Å². The molecule has 1 aromatic carbocycles. The maximum atomic E-state index is 5.83. The van der Waals surface area contributed by atoms with E-state index in [0.717, 1.165) is 41.9 Å². The second-order valence-electron chi connectivity index (χ2n) is 5.20. The third-order valence-corrected chi connectivity index (χ3v) is 3.72. The highest BCUT2D eigenvalue weighted by Crippen LogP contribution is 2.28. The lowest BCUT2D eigenvalue weighted by molar-refractivity contribution is 0.331. The van der Waals surface area contributed by atoms with Crippen molar-refractivity contribution in [3.05, 3.63) is 41.2 Å². The molecule has 0 bridgehead atoms. The number of hydrogen-bond acceptors (Lipinski definition) is 5. The first-order valence-electron chi connectivity index (χ1n) is 7.17. The molecule has 2 heterocycles. The number of aromatic nitrogens is 2. The summed E-state index contributed by atoms with van der Waals surface area (Å²) >= 11 is 0. The normalized spacial score (nSPS) is 14.1. The van der Waals surface area contributed by atoms with E-state index in [1.165, 1.54) is 5.56 Å². The molecule has 0 aliphatic carbocycles. The Morgan fingerprint density at radius 3 is 2.81 bits per heavy atom. The van der Waals surface area contributed by atoms with Gasteiger partial charge >= 0.3 is 0 Å². The number of nitrogens with one attached hydrogen (secondary N) is 1. The summed E-state index contributed by atoms with van der Waals surface area (Å²) in [5.41, 5.74) is 2.26. The number of fused-ring (bicyclic) bond motifs is 1. The number of hydrogen-bond donors (Lipinski definition) is 1. The Morgan fingerprint density at radius 1 is 1.19 bits per heavy atom. The molecule has 5 heteroatoms. The number of rotatable bonds is 2. The summed E-state index contributed by atoms with van der Waals surface area (Å²) in [5.74, 6) is 3.61. The highest BCUT2D eigenvalue weighted by atomic mass is 16.5. The smallest absolute Gasteiger partial charge is 0.137 e. The molecule has 21 heavy (non-hydrogen) atoms. The molecule has 0 saturated heterocycles. The van der Waals surface area contributed by atoms with Crippen molar-refractivity contribution in [2.45, 2.75) is 20.4 Å². The fourth-order valence-electron chi connectivity index (χ4n) is 2.67. The van der Waals surface area contributed by atoms with Gasteiger partial charge in [0.15, 0.2) is 0 Å². The lowest BCUT2D eigenvalue weighted by Gasteiger charge is -2.24. The summed E-state index contributed by atoms with van der Waals surface area (Å²) in [6, 6.07) is 8.18. The molecule has 0 saturated carbocycles. The first-order valence-corrected chi connectivity index (χ1v) is 7.17. The minimum atomic E-state index is 0.661. The molecule has 5 nitrogen and oxygen atoms in total. The summed E-state index contributed by atoms with van der Waals surface area (Å²) in [6.45, 7) is 6.25. The molecule has 0 fully saturated rings. The Hall–Kier alpha value is -2.30. The van der Waals surface area contributed by atoms with Crippen LogP contribution in [0.15, 0.2) is 24.3 Å². The number of ether oxygens (including phenoxy) is 1. The van der Waals surface area contributed by atoms with Crippen molar-refractivity contribution in [1.82, 2.24) is 9.97 Å². The third kappa shape index (κ3) is 2.63. The highest BCUT2D eigenvalue weighted by molar-refractivity contribution is 5.59. The van der Waals surface area contributed by atoms with Crippen LogP contribution in [-0.2, 0) is 6.54 Å². The average molecular weight is 284 g/mol. The zero-order chi connectivity index (χ0) is 14.8. The van der Waals surface area contributed by atoms with Gasteiger partial charge in [-0.2, -0.15) is 0 Å². The van der Waals surface area contributed by atoms with Gasteiger partial charge in [-0.3, -0.25) is 0 Å². The molecule has 0 amide bonds. The molecule has 1 aliphatic heterocycles. The van der Waals surface area contributed by atoms with E-state index in [4.69, 9.17) is 4.74 Å². The Kier molecular flexibility index (Phi) is 3.64. The van der Waals surface area contributed by atoms with Crippen LogP contribution in [-0.4, -0.2) is 30.2 Å². The topological polar surface area (TPSA) is 50.3 Å². The standard InChI is InChI=1S/C16H20N4O/c1-11-15(17-3)18-12(2)19-16(11)20-8-9-21-14-7-5-4-6-13(14)10-20/h4-7H,8-10H2,1-3H3,(H,17,18,19). The van der Waals surface area contributed by atoms with Gasteiger partial charge in [0.1, 0.15) is 29.8 Å². The van der Waals surface area contributed by atoms with Crippen molar-refractivity contribution in [3.8, 4) is 5.75 Å². The first-order chi connectivity index (χ1) is 10.2. The molecule has 1 aliphatic rings. The Morgan fingerprint density at radius 2 is 2.00 bits per heavy atom.